The number of hydrogen-bond donors (Lipinski definition) is 2. The minimum atomic E-state index is 0.512. The predicted octanol–water partition coefficient (Wildman–Crippen LogP) is 4.71. The summed E-state index contributed by atoms with van der Waals surface area (Å²) in [5, 5.41) is 10.5. The number of aromatic nitrogens is 5. The van der Waals surface area contributed by atoms with E-state index in [9.17, 15) is 0 Å². The van der Waals surface area contributed by atoms with Crippen LogP contribution in [-0.4, -0.2) is 38.2 Å². The number of H-pyrrole nitrogens is 1. The zero-order valence-corrected chi connectivity index (χ0v) is 17.2. The number of anilines is 3. The highest BCUT2D eigenvalue weighted by Gasteiger charge is 2.15. The van der Waals surface area contributed by atoms with E-state index >= 15 is 0 Å². The zero-order chi connectivity index (χ0) is 21.0. The number of nitrogens with one attached hydrogen (secondary N) is 2. The number of nitrogens with zero attached hydrogens (tertiary/aromatic N) is 5. The zero-order valence-electron chi connectivity index (χ0n) is 17.2. The normalized spacial score (nSPS) is 13.4. The van der Waals surface area contributed by atoms with E-state index in [1.807, 2.05) is 55.5 Å². The first-order chi connectivity index (χ1) is 15.2. The molecule has 4 aromatic rings. The largest absolute Gasteiger partial charge is 0.439 e. The summed E-state index contributed by atoms with van der Waals surface area (Å²) in [7, 11) is 0. The van der Waals surface area contributed by atoms with Gasteiger partial charge in [-0.15, -0.1) is 5.10 Å². The molecule has 2 aromatic heterocycles. The molecule has 31 heavy (non-hydrogen) atoms. The lowest BCUT2D eigenvalue weighted by molar-refractivity contribution is 0.461. The number of aromatic amines is 1. The maximum Gasteiger partial charge on any atom is 0.246 e. The van der Waals surface area contributed by atoms with Crippen LogP contribution < -0.4 is 15.0 Å². The van der Waals surface area contributed by atoms with Gasteiger partial charge in [-0.1, -0.05) is 24.3 Å². The summed E-state index contributed by atoms with van der Waals surface area (Å²) < 4.78 is 6.00. The fourth-order valence-electron chi connectivity index (χ4n) is 3.59. The molecule has 1 aliphatic heterocycles. The molecule has 1 aliphatic rings. The lowest BCUT2D eigenvalue weighted by Crippen LogP contribution is -2.20. The Kier molecular flexibility index (Phi) is 5.18. The van der Waals surface area contributed by atoms with Crippen molar-refractivity contribution < 1.29 is 4.74 Å². The summed E-state index contributed by atoms with van der Waals surface area (Å²) in [4.78, 5) is 15.7. The molecule has 1 fully saturated rings. The fourth-order valence-corrected chi connectivity index (χ4v) is 3.59. The Labute approximate surface area is 180 Å². The second-order valence-electron chi connectivity index (χ2n) is 7.52. The molecule has 3 heterocycles. The van der Waals surface area contributed by atoms with Crippen molar-refractivity contribution in [3.8, 4) is 23.0 Å². The van der Waals surface area contributed by atoms with Gasteiger partial charge in [-0.05, 0) is 49.6 Å². The molecule has 2 aromatic carbocycles. The van der Waals surface area contributed by atoms with Gasteiger partial charge in [-0.25, -0.2) is 4.98 Å². The Morgan fingerprint density at radius 1 is 1.00 bits per heavy atom. The van der Waals surface area contributed by atoms with Crippen molar-refractivity contribution in [2.45, 2.75) is 19.8 Å². The summed E-state index contributed by atoms with van der Waals surface area (Å²) in [5.74, 6) is 3.08. The van der Waals surface area contributed by atoms with E-state index in [0.29, 0.717) is 29.4 Å². The third kappa shape index (κ3) is 4.48. The van der Waals surface area contributed by atoms with E-state index in [0.717, 1.165) is 24.3 Å². The third-order valence-electron chi connectivity index (χ3n) is 5.10. The molecule has 2 N–H and O–H groups in total. The van der Waals surface area contributed by atoms with Crippen LogP contribution in [0.5, 0.6) is 11.6 Å². The molecule has 8 nitrogen and oxygen atoms in total. The first-order valence-electron chi connectivity index (χ1n) is 10.4. The van der Waals surface area contributed by atoms with Gasteiger partial charge < -0.3 is 15.0 Å². The van der Waals surface area contributed by atoms with Gasteiger partial charge in [0.2, 0.25) is 17.8 Å². The maximum absolute atomic E-state index is 6.00. The minimum Gasteiger partial charge on any atom is -0.439 e. The smallest absolute Gasteiger partial charge is 0.246 e. The summed E-state index contributed by atoms with van der Waals surface area (Å²) in [6.07, 6.45) is 4.09. The van der Waals surface area contributed by atoms with Crippen LogP contribution in [0.1, 0.15) is 18.4 Å². The van der Waals surface area contributed by atoms with Gasteiger partial charge in [0.15, 0.2) is 5.82 Å². The molecule has 0 aliphatic carbocycles. The van der Waals surface area contributed by atoms with Crippen molar-refractivity contribution in [3.63, 3.8) is 0 Å². The van der Waals surface area contributed by atoms with E-state index in [1.54, 1.807) is 12.3 Å². The molecule has 1 saturated heterocycles. The Morgan fingerprint density at radius 3 is 2.74 bits per heavy atom. The molecule has 0 saturated carbocycles. The Balaban J connectivity index is 1.32. The molecule has 0 spiro atoms. The highest BCUT2D eigenvalue weighted by molar-refractivity contribution is 5.61. The predicted molar refractivity (Wildman–Crippen MR) is 120 cm³/mol. The molecular formula is C23H23N7O. The van der Waals surface area contributed by atoms with Crippen molar-refractivity contribution in [3.05, 3.63) is 66.4 Å². The Morgan fingerprint density at radius 2 is 1.87 bits per heavy atom. The molecule has 8 heteroatoms. The van der Waals surface area contributed by atoms with Gasteiger partial charge in [0.1, 0.15) is 5.75 Å². The molecule has 0 amide bonds. The molecule has 0 radical (unpaired) electrons. The molecular weight excluding hydrogens is 390 g/mol. The standard InChI is InChI=1S/C23H23N7O/c1-16-6-4-8-18(14-16)25-22-27-21(28-29-22)17-7-5-9-19(15-17)31-20-10-11-24-23(26-20)30-12-2-3-13-30/h4-11,14-15H,2-3,12-13H2,1H3,(H2,25,27,28,29). The number of aryl methyl sites for hydroxylation is 1. The van der Waals surface area contributed by atoms with E-state index in [-0.39, 0.29) is 0 Å². The summed E-state index contributed by atoms with van der Waals surface area (Å²) in [6, 6.07) is 17.5. The van der Waals surface area contributed by atoms with E-state index in [1.165, 1.54) is 18.4 Å². The number of rotatable bonds is 6. The van der Waals surface area contributed by atoms with Crippen LogP contribution >= 0.6 is 0 Å². The van der Waals surface area contributed by atoms with Crippen LogP contribution in [0.25, 0.3) is 11.4 Å². The lowest BCUT2D eigenvalue weighted by Gasteiger charge is -2.15. The Bertz CT molecular complexity index is 1180. The number of benzene rings is 2. The number of ether oxygens (including phenoxy) is 1. The first-order valence-corrected chi connectivity index (χ1v) is 10.4. The highest BCUT2D eigenvalue weighted by atomic mass is 16.5. The van der Waals surface area contributed by atoms with E-state index in [2.05, 4.69) is 35.4 Å². The van der Waals surface area contributed by atoms with Gasteiger partial charge in [-0.2, -0.15) is 9.97 Å². The van der Waals surface area contributed by atoms with Crippen molar-refractivity contribution in [2.24, 2.45) is 0 Å². The molecule has 0 bridgehead atoms. The average Bonchev–Trinajstić information content (AvgIpc) is 3.47. The molecule has 5 rings (SSSR count). The van der Waals surface area contributed by atoms with Crippen LogP contribution in [0, 0.1) is 6.92 Å². The van der Waals surface area contributed by atoms with Crippen LogP contribution in [0.15, 0.2) is 60.8 Å². The van der Waals surface area contributed by atoms with Crippen molar-refractivity contribution >= 4 is 17.6 Å². The van der Waals surface area contributed by atoms with Gasteiger partial charge in [0.05, 0.1) is 0 Å². The Hall–Kier alpha value is -3.94. The quantitative estimate of drug-likeness (QED) is 0.473. The van der Waals surface area contributed by atoms with Crippen LogP contribution in [-0.2, 0) is 0 Å². The first kappa shape index (κ1) is 19.0. The second-order valence-corrected chi connectivity index (χ2v) is 7.52. The van der Waals surface area contributed by atoms with Gasteiger partial charge in [-0.3, -0.25) is 5.10 Å². The summed E-state index contributed by atoms with van der Waals surface area (Å²) >= 11 is 0. The highest BCUT2D eigenvalue weighted by Crippen LogP contribution is 2.27. The average molecular weight is 413 g/mol. The second kappa shape index (κ2) is 8.43. The van der Waals surface area contributed by atoms with Crippen molar-refractivity contribution in [2.75, 3.05) is 23.3 Å². The molecule has 156 valence electrons. The fraction of sp³-hybridized carbons (Fsp3) is 0.217. The van der Waals surface area contributed by atoms with Crippen LogP contribution in [0.3, 0.4) is 0 Å². The lowest BCUT2D eigenvalue weighted by atomic mass is 10.2. The molecule has 0 unspecified atom stereocenters. The van der Waals surface area contributed by atoms with E-state index < -0.39 is 0 Å². The summed E-state index contributed by atoms with van der Waals surface area (Å²) in [6.45, 7) is 4.03. The monoisotopic (exact) mass is 413 g/mol. The van der Waals surface area contributed by atoms with Crippen molar-refractivity contribution in [1.29, 1.82) is 0 Å². The van der Waals surface area contributed by atoms with Crippen LogP contribution in [0.4, 0.5) is 17.6 Å². The van der Waals surface area contributed by atoms with Gasteiger partial charge in [0, 0.05) is 36.6 Å². The summed E-state index contributed by atoms with van der Waals surface area (Å²) in [5.41, 5.74) is 2.99. The third-order valence-corrected chi connectivity index (χ3v) is 5.10. The van der Waals surface area contributed by atoms with Gasteiger partial charge in [0.25, 0.3) is 0 Å². The topological polar surface area (TPSA) is 91.8 Å². The molecule has 0 atom stereocenters. The maximum atomic E-state index is 6.00. The number of hydrogen-bond acceptors (Lipinski definition) is 7. The van der Waals surface area contributed by atoms with Crippen LogP contribution in [0.2, 0.25) is 0 Å². The van der Waals surface area contributed by atoms with Gasteiger partial charge >= 0.3 is 0 Å². The van der Waals surface area contributed by atoms with Crippen molar-refractivity contribution in [1.82, 2.24) is 25.1 Å². The minimum absolute atomic E-state index is 0.512. The SMILES string of the molecule is Cc1cccc(Nc2n[nH]c(-c3cccc(Oc4ccnc(N5CCCC5)n4)c3)n2)c1. The van der Waals surface area contributed by atoms with E-state index in [4.69, 9.17) is 4.74 Å².